The molecule has 0 amide bonds. The van der Waals surface area contributed by atoms with Crippen LogP contribution in [0.25, 0.3) is 0 Å². The van der Waals surface area contributed by atoms with Crippen LogP contribution < -0.4 is 5.32 Å². The Hall–Kier alpha value is -0.610. The fraction of sp³-hybridized carbons (Fsp3) is 0.966. The van der Waals surface area contributed by atoms with E-state index in [4.69, 9.17) is 4.74 Å². The summed E-state index contributed by atoms with van der Waals surface area (Å²) >= 11 is 0. The number of carbonyl (C=O) groups excluding carboxylic acids is 1. The normalized spacial score (nSPS) is 45.6. The van der Waals surface area contributed by atoms with Gasteiger partial charge in [0, 0.05) is 12.5 Å². The van der Waals surface area contributed by atoms with E-state index in [0.29, 0.717) is 58.8 Å². The molecule has 0 saturated heterocycles. The van der Waals surface area contributed by atoms with Crippen molar-refractivity contribution in [3.8, 4) is 0 Å². The Morgan fingerprint density at radius 2 is 1.82 bits per heavy atom. The molecule has 10 atom stereocenters. The molecule has 4 fully saturated rings. The molecule has 4 rings (SSSR count). The number of hydrogen-bond acceptors (Lipinski definition) is 4. The fourth-order valence-corrected chi connectivity index (χ4v) is 9.52. The zero-order chi connectivity index (χ0) is 23.8. The van der Waals surface area contributed by atoms with Gasteiger partial charge in [0.1, 0.15) is 0 Å². The quantitative estimate of drug-likeness (QED) is 0.346. The molecule has 0 aromatic heterocycles. The van der Waals surface area contributed by atoms with E-state index in [1.807, 2.05) is 0 Å². The first-order valence-corrected chi connectivity index (χ1v) is 14.2. The predicted molar refractivity (Wildman–Crippen MR) is 134 cm³/mol. The monoisotopic (exact) mass is 461 g/mol. The Morgan fingerprint density at radius 3 is 2.55 bits per heavy atom. The summed E-state index contributed by atoms with van der Waals surface area (Å²) in [5.74, 6) is 3.62. The number of methoxy groups -OCH3 is 1. The highest BCUT2D eigenvalue weighted by atomic mass is 16.5. The van der Waals surface area contributed by atoms with Crippen LogP contribution in [0.1, 0.15) is 105 Å². The highest BCUT2D eigenvalue weighted by molar-refractivity contribution is 5.69. The van der Waals surface area contributed by atoms with E-state index in [-0.39, 0.29) is 12.1 Å². The van der Waals surface area contributed by atoms with Gasteiger partial charge in [0.05, 0.1) is 13.2 Å². The molecule has 3 unspecified atom stereocenters. The molecule has 0 heterocycles. The Bertz CT molecular complexity index is 682. The lowest BCUT2D eigenvalue weighted by Crippen LogP contribution is -2.59. The highest BCUT2D eigenvalue weighted by Crippen LogP contribution is 2.68. The third-order valence-electron chi connectivity index (χ3n) is 11.4. The summed E-state index contributed by atoms with van der Waals surface area (Å²) in [6.07, 6.45) is 13.9. The molecule has 4 nitrogen and oxygen atoms in total. The molecule has 33 heavy (non-hydrogen) atoms. The van der Waals surface area contributed by atoms with Crippen molar-refractivity contribution in [2.75, 3.05) is 13.7 Å². The second-order valence-electron chi connectivity index (χ2n) is 12.9. The number of ether oxygens (including phenoxy) is 1. The van der Waals surface area contributed by atoms with Gasteiger partial charge in [0.2, 0.25) is 0 Å². The first-order valence-electron chi connectivity index (χ1n) is 14.2. The van der Waals surface area contributed by atoms with E-state index >= 15 is 0 Å². The number of aliphatic hydroxyl groups excluding tert-OH is 1. The van der Waals surface area contributed by atoms with Gasteiger partial charge in [-0.1, -0.05) is 34.1 Å². The number of hydrogen-bond donors (Lipinski definition) is 2. The molecule has 4 aliphatic carbocycles. The molecular weight excluding hydrogens is 410 g/mol. The number of unbranched alkanes of at least 4 members (excludes halogenated alkanes) is 1. The molecule has 4 aliphatic rings. The van der Waals surface area contributed by atoms with Crippen molar-refractivity contribution in [2.45, 2.75) is 117 Å². The predicted octanol–water partition coefficient (Wildman–Crippen LogP) is 5.96. The minimum atomic E-state index is -0.129. The van der Waals surface area contributed by atoms with Gasteiger partial charge >= 0.3 is 5.97 Å². The maximum Gasteiger partial charge on any atom is 0.305 e. The zero-order valence-corrected chi connectivity index (χ0v) is 22.1. The smallest absolute Gasteiger partial charge is 0.305 e. The summed E-state index contributed by atoms with van der Waals surface area (Å²) in [6.45, 7) is 10.9. The Kier molecular flexibility index (Phi) is 7.85. The second-order valence-corrected chi connectivity index (χ2v) is 12.9. The van der Waals surface area contributed by atoms with E-state index in [9.17, 15) is 9.90 Å². The molecular formula is C29H51NO3. The van der Waals surface area contributed by atoms with E-state index in [1.54, 1.807) is 0 Å². The minimum absolute atomic E-state index is 0.0771. The third-order valence-corrected chi connectivity index (χ3v) is 11.4. The summed E-state index contributed by atoms with van der Waals surface area (Å²) in [5.41, 5.74) is 0.725. The van der Waals surface area contributed by atoms with E-state index in [1.165, 1.54) is 64.9 Å². The number of carbonyl (C=O) groups is 1. The average Bonchev–Trinajstić information content (AvgIpc) is 3.15. The lowest BCUT2D eigenvalue weighted by molar-refractivity contribution is -0.167. The maximum atomic E-state index is 11.7. The van der Waals surface area contributed by atoms with E-state index < -0.39 is 0 Å². The van der Waals surface area contributed by atoms with Crippen molar-refractivity contribution in [2.24, 2.45) is 46.3 Å². The molecule has 0 radical (unpaired) electrons. The largest absolute Gasteiger partial charge is 0.469 e. The van der Waals surface area contributed by atoms with Gasteiger partial charge in [0.25, 0.3) is 0 Å². The van der Waals surface area contributed by atoms with Crippen molar-refractivity contribution >= 4 is 5.97 Å². The number of esters is 1. The lowest BCUT2D eigenvalue weighted by Gasteiger charge is -2.62. The van der Waals surface area contributed by atoms with Crippen LogP contribution in [-0.4, -0.2) is 36.9 Å². The summed E-state index contributed by atoms with van der Waals surface area (Å²) in [4.78, 5) is 11.7. The standard InChI is InChI=1S/C29H51NO3/c1-6-7-16-30-21-12-14-28(3)20(17-21)18-25(31)27-23-10-9-22(19(2)8-11-26(32)33-5)29(23,4)15-13-24(27)28/h19-25,27,30-31H,6-18H2,1-5H3/t19-,20-,21+,22-,23?,24?,25-,27?,28+,29-/m1/s1. The molecule has 4 saturated carbocycles. The van der Waals surface area contributed by atoms with E-state index in [2.05, 4.69) is 33.0 Å². The Labute approximate surface area is 203 Å². The molecule has 4 heteroatoms. The van der Waals surface area contributed by atoms with Crippen LogP contribution in [0.2, 0.25) is 0 Å². The van der Waals surface area contributed by atoms with Crippen LogP contribution in [0.4, 0.5) is 0 Å². The van der Waals surface area contributed by atoms with Crippen LogP contribution >= 0.6 is 0 Å². The Balaban J connectivity index is 1.45. The van der Waals surface area contributed by atoms with Crippen molar-refractivity contribution < 1.29 is 14.6 Å². The number of aliphatic hydroxyl groups is 1. The molecule has 0 bridgehead atoms. The summed E-state index contributed by atoms with van der Waals surface area (Å²) in [6, 6.07) is 0.652. The SMILES string of the molecule is CCCCN[C@H]1CC[C@]2(C)C3CC[C@@]4(C)C(CC[C@@H]4[C@H](C)CCC(=O)OC)C3[C@H](O)C[C@H]2C1. The topological polar surface area (TPSA) is 58.6 Å². The number of fused-ring (bicyclic) bond motifs is 5. The van der Waals surface area contributed by atoms with Gasteiger partial charge in [-0.05, 0) is 117 Å². The van der Waals surface area contributed by atoms with E-state index in [0.717, 1.165) is 19.4 Å². The van der Waals surface area contributed by atoms with Gasteiger partial charge in [-0.25, -0.2) is 0 Å². The minimum Gasteiger partial charge on any atom is -0.469 e. The number of rotatable bonds is 8. The van der Waals surface area contributed by atoms with Crippen molar-refractivity contribution in [1.29, 1.82) is 0 Å². The molecule has 2 N–H and O–H groups in total. The first-order chi connectivity index (χ1) is 15.7. The van der Waals surface area contributed by atoms with Gasteiger partial charge < -0.3 is 15.2 Å². The van der Waals surface area contributed by atoms with Crippen LogP contribution in [0.5, 0.6) is 0 Å². The van der Waals surface area contributed by atoms with Gasteiger partial charge in [-0.3, -0.25) is 4.79 Å². The van der Waals surface area contributed by atoms with Crippen LogP contribution in [0, 0.1) is 46.3 Å². The molecule has 0 spiro atoms. The maximum absolute atomic E-state index is 11.7. The van der Waals surface area contributed by atoms with Crippen molar-refractivity contribution in [3.05, 3.63) is 0 Å². The first kappa shape index (κ1) is 25.5. The van der Waals surface area contributed by atoms with Gasteiger partial charge in [-0.15, -0.1) is 0 Å². The molecule has 0 aromatic carbocycles. The summed E-state index contributed by atoms with van der Waals surface area (Å²) < 4.78 is 4.90. The summed E-state index contributed by atoms with van der Waals surface area (Å²) in [7, 11) is 1.49. The fourth-order valence-electron chi connectivity index (χ4n) is 9.52. The summed E-state index contributed by atoms with van der Waals surface area (Å²) in [5, 5.41) is 15.4. The third kappa shape index (κ3) is 4.65. The average molecular weight is 462 g/mol. The Morgan fingerprint density at radius 1 is 1.09 bits per heavy atom. The molecule has 190 valence electrons. The van der Waals surface area contributed by atoms with Crippen molar-refractivity contribution in [1.82, 2.24) is 5.32 Å². The van der Waals surface area contributed by atoms with Gasteiger partial charge in [0.15, 0.2) is 0 Å². The van der Waals surface area contributed by atoms with Gasteiger partial charge in [-0.2, -0.15) is 0 Å². The second kappa shape index (κ2) is 10.2. The lowest BCUT2D eigenvalue weighted by atomic mass is 9.43. The van der Waals surface area contributed by atoms with Crippen LogP contribution in [-0.2, 0) is 9.53 Å². The van der Waals surface area contributed by atoms with Crippen LogP contribution in [0.3, 0.4) is 0 Å². The van der Waals surface area contributed by atoms with Crippen LogP contribution in [0.15, 0.2) is 0 Å². The highest BCUT2D eigenvalue weighted by Gasteiger charge is 2.62. The molecule has 0 aliphatic heterocycles. The molecule has 0 aromatic rings. The zero-order valence-electron chi connectivity index (χ0n) is 22.1. The number of nitrogens with one attached hydrogen (secondary N) is 1. The van der Waals surface area contributed by atoms with Crippen molar-refractivity contribution in [3.63, 3.8) is 0 Å².